The average Bonchev–Trinajstić information content (AvgIpc) is 2.91. The molecule has 194 valence electrons. The van der Waals surface area contributed by atoms with E-state index >= 15 is 0 Å². The van der Waals surface area contributed by atoms with E-state index in [0.29, 0.717) is 44.3 Å². The Hall–Kier alpha value is -3.68. The van der Waals surface area contributed by atoms with E-state index in [4.69, 9.17) is 0 Å². The first kappa shape index (κ1) is 26.4. The number of carbonyl (C=O) groups is 2. The van der Waals surface area contributed by atoms with Gasteiger partial charge in [-0.25, -0.2) is 4.39 Å². The number of rotatable bonds is 7. The number of hydrogen-bond acceptors (Lipinski definition) is 2. The van der Waals surface area contributed by atoms with E-state index in [0.717, 1.165) is 23.3 Å². The van der Waals surface area contributed by atoms with E-state index in [1.807, 2.05) is 30.3 Å². The van der Waals surface area contributed by atoms with Gasteiger partial charge in [0.05, 0.1) is 11.0 Å². The molecule has 37 heavy (non-hydrogen) atoms. The lowest BCUT2D eigenvalue weighted by Crippen LogP contribution is -2.52. The third-order valence-electron chi connectivity index (χ3n) is 7.01. The van der Waals surface area contributed by atoms with Crippen molar-refractivity contribution in [1.82, 2.24) is 10.2 Å². The minimum Gasteiger partial charge on any atom is -0.351 e. The Bertz CT molecular complexity index is 1200. The Morgan fingerprint density at radius 3 is 2.03 bits per heavy atom. The minimum atomic E-state index is -4.41. The number of halogens is 4. The van der Waals surface area contributed by atoms with Crippen molar-refractivity contribution in [3.63, 3.8) is 0 Å². The van der Waals surface area contributed by atoms with Crippen molar-refractivity contribution in [3.8, 4) is 0 Å². The second-order valence-electron chi connectivity index (χ2n) is 9.33. The van der Waals surface area contributed by atoms with Crippen LogP contribution in [0.15, 0.2) is 78.9 Å². The number of likely N-dealkylation sites (tertiary alicyclic amines) is 1. The summed E-state index contributed by atoms with van der Waals surface area (Å²) in [5.74, 6) is -0.548. The molecule has 0 unspecified atom stereocenters. The van der Waals surface area contributed by atoms with Gasteiger partial charge in [-0.2, -0.15) is 13.2 Å². The van der Waals surface area contributed by atoms with Crippen LogP contribution in [0.5, 0.6) is 0 Å². The monoisotopic (exact) mass is 512 g/mol. The standard InChI is InChI=1S/C29H28F4N2O2/c30-25-13-8-21(9-14-25)10-15-26(36)35-18-16-28(17-19-35,23-4-2-1-3-5-23)27(37)34-20-22-6-11-24(12-7-22)29(31,32)33/h1-9,11-14H,10,15-20H2,(H,34,37). The molecule has 3 aromatic rings. The van der Waals surface area contributed by atoms with Crippen LogP contribution >= 0.6 is 0 Å². The maximum Gasteiger partial charge on any atom is 0.416 e. The van der Waals surface area contributed by atoms with Gasteiger partial charge < -0.3 is 10.2 Å². The number of nitrogens with one attached hydrogen (secondary N) is 1. The summed E-state index contributed by atoms with van der Waals surface area (Å²) in [6.07, 6.45) is -2.75. The predicted octanol–water partition coefficient (Wildman–Crippen LogP) is 5.65. The molecule has 0 atom stereocenters. The maximum absolute atomic E-state index is 13.5. The predicted molar refractivity (Wildman–Crippen MR) is 132 cm³/mol. The zero-order chi connectivity index (χ0) is 26.5. The van der Waals surface area contributed by atoms with Gasteiger partial charge in [0, 0.05) is 26.1 Å². The fourth-order valence-corrected chi connectivity index (χ4v) is 4.77. The van der Waals surface area contributed by atoms with Crippen LogP contribution in [0.2, 0.25) is 0 Å². The molecule has 4 rings (SSSR count). The SMILES string of the molecule is O=C(CCc1ccc(F)cc1)N1CCC(C(=O)NCc2ccc(C(F)(F)F)cc2)(c2ccccc2)CC1. The highest BCUT2D eigenvalue weighted by molar-refractivity contribution is 5.89. The lowest BCUT2D eigenvalue weighted by Gasteiger charge is -2.41. The van der Waals surface area contributed by atoms with E-state index in [1.165, 1.54) is 24.3 Å². The molecule has 1 N–H and O–H groups in total. The van der Waals surface area contributed by atoms with Crippen LogP contribution in [0, 0.1) is 5.82 Å². The third-order valence-corrected chi connectivity index (χ3v) is 7.01. The summed E-state index contributed by atoms with van der Waals surface area (Å²) in [7, 11) is 0. The second-order valence-corrected chi connectivity index (χ2v) is 9.33. The molecular weight excluding hydrogens is 484 g/mol. The lowest BCUT2D eigenvalue weighted by atomic mass is 9.72. The van der Waals surface area contributed by atoms with Gasteiger partial charge in [0.15, 0.2) is 0 Å². The molecule has 1 fully saturated rings. The normalized spacial score (nSPS) is 15.3. The molecule has 0 spiro atoms. The van der Waals surface area contributed by atoms with Gasteiger partial charge in [-0.05, 0) is 60.2 Å². The molecule has 0 bridgehead atoms. The smallest absolute Gasteiger partial charge is 0.351 e. The molecule has 8 heteroatoms. The number of alkyl halides is 3. The molecule has 1 aliphatic heterocycles. The highest BCUT2D eigenvalue weighted by Gasteiger charge is 2.43. The van der Waals surface area contributed by atoms with Crippen LogP contribution in [-0.2, 0) is 34.1 Å². The van der Waals surface area contributed by atoms with Crippen LogP contribution in [0.1, 0.15) is 41.5 Å². The van der Waals surface area contributed by atoms with Gasteiger partial charge in [-0.15, -0.1) is 0 Å². The molecule has 3 aromatic carbocycles. The Kier molecular flexibility index (Phi) is 7.95. The maximum atomic E-state index is 13.5. The lowest BCUT2D eigenvalue weighted by molar-refractivity contribution is -0.137. The van der Waals surface area contributed by atoms with Crippen molar-refractivity contribution >= 4 is 11.8 Å². The summed E-state index contributed by atoms with van der Waals surface area (Å²) in [4.78, 5) is 28.1. The zero-order valence-corrected chi connectivity index (χ0v) is 20.2. The van der Waals surface area contributed by atoms with E-state index in [1.54, 1.807) is 17.0 Å². The van der Waals surface area contributed by atoms with E-state index in [9.17, 15) is 27.2 Å². The highest BCUT2D eigenvalue weighted by Crippen LogP contribution is 2.36. The Labute approximate surface area is 213 Å². The Morgan fingerprint density at radius 1 is 0.838 bits per heavy atom. The molecule has 1 saturated heterocycles. The van der Waals surface area contributed by atoms with Crippen molar-refractivity contribution in [3.05, 3.63) is 107 Å². The molecule has 0 aliphatic carbocycles. The highest BCUT2D eigenvalue weighted by atomic mass is 19.4. The number of nitrogens with zero attached hydrogens (tertiary/aromatic N) is 1. The molecule has 0 saturated carbocycles. The first-order valence-corrected chi connectivity index (χ1v) is 12.2. The molecule has 2 amide bonds. The van der Waals surface area contributed by atoms with Crippen molar-refractivity contribution in [2.24, 2.45) is 0 Å². The average molecular weight is 513 g/mol. The van der Waals surface area contributed by atoms with Crippen LogP contribution in [0.25, 0.3) is 0 Å². The molecular formula is C29H28F4N2O2. The van der Waals surface area contributed by atoms with Crippen molar-refractivity contribution in [1.29, 1.82) is 0 Å². The van der Waals surface area contributed by atoms with Crippen molar-refractivity contribution < 1.29 is 27.2 Å². The van der Waals surface area contributed by atoms with Gasteiger partial charge >= 0.3 is 6.18 Å². The number of amides is 2. The van der Waals surface area contributed by atoms with Crippen molar-refractivity contribution in [2.45, 2.75) is 43.8 Å². The van der Waals surface area contributed by atoms with Gasteiger partial charge in [-0.1, -0.05) is 54.6 Å². The fraction of sp³-hybridized carbons (Fsp3) is 0.310. The summed E-state index contributed by atoms with van der Waals surface area (Å²) in [6.45, 7) is 0.918. The quantitative estimate of drug-likeness (QED) is 0.416. The zero-order valence-electron chi connectivity index (χ0n) is 20.2. The Morgan fingerprint density at radius 2 is 1.43 bits per heavy atom. The van der Waals surface area contributed by atoms with Crippen LogP contribution in [0.3, 0.4) is 0 Å². The van der Waals surface area contributed by atoms with E-state index in [2.05, 4.69) is 5.32 Å². The summed E-state index contributed by atoms with van der Waals surface area (Å²) in [6, 6.07) is 20.2. The first-order chi connectivity index (χ1) is 17.7. The largest absolute Gasteiger partial charge is 0.416 e. The molecule has 1 aliphatic rings. The fourth-order valence-electron chi connectivity index (χ4n) is 4.77. The van der Waals surface area contributed by atoms with Gasteiger partial charge in [-0.3, -0.25) is 9.59 Å². The van der Waals surface area contributed by atoms with Crippen molar-refractivity contribution in [2.75, 3.05) is 13.1 Å². The number of aryl methyl sites for hydroxylation is 1. The van der Waals surface area contributed by atoms with Crippen LogP contribution in [0.4, 0.5) is 17.6 Å². The van der Waals surface area contributed by atoms with Gasteiger partial charge in [0.25, 0.3) is 0 Å². The van der Waals surface area contributed by atoms with Crippen LogP contribution in [-0.4, -0.2) is 29.8 Å². The van der Waals surface area contributed by atoms with Gasteiger partial charge in [0.2, 0.25) is 11.8 Å². The molecule has 1 heterocycles. The summed E-state index contributed by atoms with van der Waals surface area (Å²) in [5, 5.41) is 2.91. The van der Waals surface area contributed by atoms with E-state index in [-0.39, 0.29) is 24.2 Å². The van der Waals surface area contributed by atoms with Crippen LogP contribution < -0.4 is 5.32 Å². The Balaban J connectivity index is 1.40. The number of carbonyl (C=O) groups excluding carboxylic acids is 2. The summed E-state index contributed by atoms with van der Waals surface area (Å²) >= 11 is 0. The minimum absolute atomic E-state index is 0.0175. The summed E-state index contributed by atoms with van der Waals surface area (Å²) in [5.41, 5.74) is 0.713. The first-order valence-electron chi connectivity index (χ1n) is 12.2. The number of piperidine rings is 1. The molecule has 0 aromatic heterocycles. The second kappa shape index (κ2) is 11.2. The van der Waals surface area contributed by atoms with Gasteiger partial charge in [0.1, 0.15) is 5.82 Å². The molecule has 4 nitrogen and oxygen atoms in total. The summed E-state index contributed by atoms with van der Waals surface area (Å²) < 4.78 is 51.6. The number of hydrogen-bond donors (Lipinski definition) is 1. The topological polar surface area (TPSA) is 49.4 Å². The number of benzene rings is 3. The van der Waals surface area contributed by atoms with E-state index < -0.39 is 17.2 Å². The third kappa shape index (κ3) is 6.37. The molecule has 0 radical (unpaired) electrons.